The summed E-state index contributed by atoms with van der Waals surface area (Å²) in [6.07, 6.45) is -2.13. The largest absolute Gasteiger partial charge is 0.457 e. The van der Waals surface area contributed by atoms with Crippen LogP contribution in [0.15, 0.2) is 54.7 Å². The summed E-state index contributed by atoms with van der Waals surface area (Å²) < 4.78 is 45.8. The third-order valence-electron chi connectivity index (χ3n) is 4.30. The molecule has 0 fully saturated rings. The molecule has 0 bridgehead atoms. The minimum Gasteiger partial charge on any atom is -0.457 e. The number of halogens is 3. The molecule has 6 nitrogen and oxygen atoms in total. The first-order valence-electron chi connectivity index (χ1n) is 9.70. The van der Waals surface area contributed by atoms with Gasteiger partial charge in [-0.15, -0.1) is 0 Å². The van der Waals surface area contributed by atoms with Crippen molar-refractivity contribution in [1.82, 2.24) is 4.98 Å². The first-order valence-corrected chi connectivity index (χ1v) is 9.70. The number of benzene rings is 2. The van der Waals surface area contributed by atoms with Crippen molar-refractivity contribution in [1.29, 1.82) is 5.41 Å². The Balaban J connectivity index is 0.00000176. The molecule has 3 rings (SSSR count). The van der Waals surface area contributed by atoms with E-state index in [1.165, 1.54) is 24.5 Å². The fourth-order valence-corrected chi connectivity index (χ4v) is 2.86. The molecule has 0 aliphatic carbocycles. The molecule has 0 aliphatic heterocycles. The zero-order valence-electron chi connectivity index (χ0n) is 17.7. The molecule has 0 saturated heterocycles. The van der Waals surface area contributed by atoms with Crippen molar-refractivity contribution in [3.8, 4) is 22.8 Å². The van der Waals surface area contributed by atoms with E-state index in [2.05, 4.69) is 10.3 Å². The first-order chi connectivity index (χ1) is 15.2. The number of carbonyl (C=O) groups is 1. The van der Waals surface area contributed by atoms with Crippen molar-refractivity contribution in [2.45, 2.75) is 20.0 Å². The van der Waals surface area contributed by atoms with Crippen LogP contribution in [0.2, 0.25) is 0 Å². The first kappa shape index (κ1) is 24.4. The fraction of sp³-hybridized carbons (Fsp3) is 0.174. The molecule has 0 saturated carbocycles. The summed E-state index contributed by atoms with van der Waals surface area (Å²) in [7, 11) is 1.71. The Hall–Kier alpha value is -3.88. The summed E-state index contributed by atoms with van der Waals surface area (Å²) in [4.78, 5) is 15.4. The van der Waals surface area contributed by atoms with Gasteiger partial charge in [-0.2, -0.15) is 13.2 Å². The lowest BCUT2D eigenvalue weighted by molar-refractivity contribution is -0.137. The molecular weight excluding hydrogens is 421 g/mol. The van der Waals surface area contributed by atoms with Gasteiger partial charge in [-0.1, -0.05) is 19.9 Å². The topological polar surface area (TPSA) is 101 Å². The van der Waals surface area contributed by atoms with Crippen LogP contribution in [0.25, 0.3) is 11.3 Å². The highest BCUT2D eigenvalue weighted by Crippen LogP contribution is 2.35. The molecule has 0 radical (unpaired) electrons. The number of nitrogens with one attached hydrogen (secondary N) is 2. The maximum absolute atomic E-state index is 13.3. The molecular formula is C23H23F3N4O2. The average molecular weight is 444 g/mol. The number of nitrogens with zero attached hydrogens (tertiary/aromatic N) is 1. The standard InChI is InChI=1S/C21H17F3N4O2.C2H6/c1-27-18-9-14(4-2-13(18)11-25)30-15-6-7-28-19(10-15)12-3-5-16(20(26)29)17(8-12)21(22,23)24;1-2/h2-11,25,27H,1H3,(H2,26,29);1-2H3. The van der Waals surface area contributed by atoms with E-state index >= 15 is 0 Å². The van der Waals surface area contributed by atoms with Crippen molar-refractivity contribution in [2.75, 3.05) is 12.4 Å². The minimum absolute atomic E-state index is 0.160. The second-order valence-corrected chi connectivity index (χ2v) is 6.24. The SMILES string of the molecule is CC.CNc1cc(Oc2ccnc(-c3ccc(C(N)=O)c(C(F)(F)F)c3)c2)ccc1C=N. The zero-order chi connectivity index (χ0) is 23.9. The Morgan fingerprint density at radius 2 is 1.78 bits per heavy atom. The molecule has 1 amide bonds. The normalized spacial score (nSPS) is 10.6. The van der Waals surface area contributed by atoms with Gasteiger partial charge in [0.25, 0.3) is 0 Å². The molecule has 1 heterocycles. The van der Waals surface area contributed by atoms with Crippen molar-refractivity contribution >= 4 is 17.8 Å². The Morgan fingerprint density at radius 1 is 1.09 bits per heavy atom. The van der Waals surface area contributed by atoms with Crippen molar-refractivity contribution in [3.63, 3.8) is 0 Å². The summed E-state index contributed by atoms with van der Waals surface area (Å²) >= 11 is 0. The van der Waals surface area contributed by atoms with E-state index in [9.17, 15) is 18.0 Å². The summed E-state index contributed by atoms with van der Waals surface area (Å²) in [6.45, 7) is 4.00. The third kappa shape index (κ3) is 5.63. The van der Waals surface area contributed by atoms with Gasteiger partial charge >= 0.3 is 6.18 Å². The van der Waals surface area contributed by atoms with Crippen LogP contribution < -0.4 is 15.8 Å². The Morgan fingerprint density at radius 3 is 2.38 bits per heavy atom. The third-order valence-corrected chi connectivity index (χ3v) is 4.30. The number of aromatic nitrogens is 1. The highest BCUT2D eigenvalue weighted by atomic mass is 19.4. The van der Waals surface area contributed by atoms with E-state index in [4.69, 9.17) is 15.9 Å². The van der Waals surface area contributed by atoms with Gasteiger partial charge in [-0.05, 0) is 30.3 Å². The highest BCUT2D eigenvalue weighted by Gasteiger charge is 2.35. The number of hydrogen-bond acceptors (Lipinski definition) is 5. The molecule has 3 aromatic rings. The second-order valence-electron chi connectivity index (χ2n) is 6.24. The van der Waals surface area contributed by atoms with Gasteiger partial charge in [-0.25, -0.2) is 0 Å². The molecule has 1 aromatic heterocycles. The van der Waals surface area contributed by atoms with Crippen molar-refractivity contribution in [3.05, 3.63) is 71.4 Å². The van der Waals surface area contributed by atoms with Crippen LogP contribution in [0.4, 0.5) is 18.9 Å². The van der Waals surface area contributed by atoms with Crippen LogP contribution >= 0.6 is 0 Å². The van der Waals surface area contributed by atoms with Crippen LogP contribution in [0, 0.1) is 5.41 Å². The lowest BCUT2D eigenvalue weighted by atomic mass is 10.0. The average Bonchev–Trinajstić information content (AvgIpc) is 2.79. The monoisotopic (exact) mass is 444 g/mol. The second kappa shape index (κ2) is 10.4. The molecule has 32 heavy (non-hydrogen) atoms. The maximum Gasteiger partial charge on any atom is 0.417 e. The van der Waals surface area contributed by atoms with Gasteiger partial charge in [0.05, 0.1) is 16.8 Å². The molecule has 9 heteroatoms. The molecule has 0 spiro atoms. The van der Waals surface area contributed by atoms with Gasteiger partial charge in [0.1, 0.15) is 11.5 Å². The van der Waals surface area contributed by atoms with Gasteiger partial charge in [-0.3, -0.25) is 9.78 Å². The summed E-state index contributed by atoms with van der Waals surface area (Å²) in [5.74, 6) is -0.327. The molecule has 0 unspecified atom stereocenters. The number of pyridine rings is 1. The number of hydrogen-bond donors (Lipinski definition) is 3. The predicted octanol–water partition coefficient (Wildman–Crippen LogP) is 5.72. The lowest BCUT2D eigenvalue weighted by Gasteiger charge is -2.13. The zero-order valence-corrected chi connectivity index (χ0v) is 17.7. The van der Waals surface area contributed by atoms with Crippen LogP contribution in [-0.4, -0.2) is 24.2 Å². The number of nitrogens with two attached hydrogens (primary N) is 1. The Labute approximate surface area is 183 Å². The smallest absolute Gasteiger partial charge is 0.417 e. The van der Waals surface area contributed by atoms with E-state index in [-0.39, 0.29) is 11.3 Å². The molecule has 4 N–H and O–H groups in total. The van der Waals surface area contributed by atoms with Gasteiger partial charge in [0, 0.05) is 48.4 Å². The molecule has 0 atom stereocenters. The molecule has 168 valence electrons. The Bertz CT molecular complexity index is 1110. The number of primary amides is 1. The van der Waals surface area contributed by atoms with Gasteiger partial charge in [0.2, 0.25) is 5.91 Å². The summed E-state index contributed by atoms with van der Waals surface area (Å²) in [5.41, 5.74) is 5.09. The summed E-state index contributed by atoms with van der Waals surface area (Å²) in [6, 6.07) is 11.3. The number of alkyl halides is 3. The lowest BCUT2D eigenvalue weighted by Crippen LogP contribution is -2.18. The Kier molecular flexibility index (Phi) is 7.95. The number of ether oxygens (including phenoxy) is 1. The van der Waals surface area contributed by atoms with Crippen LogP contribution in [-0.2, 0) is 6.18 Å². The number of rotatable bonds is 6. The van der Waals surface area contributed by atoms with Crippen LogP contribution in [0.1, 0.15) is 35.3 Å². The highest BCUT2D eigenvalue weighted by molar-refractivity contribution is 5.95. The van der Waals surface area contributed by atoms with Gasteiger partial charge < -0.3 is 21.2 Å². The number of carbonyl (C=O) groups excluding carboxylic acids is 1. The van der Waals surface area contributed by atoms with E-state index in [1.807, 2.05) is 13.8 Å². The minimum atomic E-state index is -4.74. The van der Waals surface area contributed by atoms with Crippen molar-refractivity contribution < 1.29 is 22.7 Å². The van der Waals surface area contributed by atoms with E-state index < -0.39 is 23.2 Å². The number of amides is 1. The summed E-state index contributed by atoms with van der Waals surface area (Å²) in [5, 5.41) is 10.3. The number of anilines is 1. The maximum atomic E-state index is 13.3. The molecule has 0 aliphatic rings. The van der Waals surface area contributed by atoms with Gasteiger partial charge in [0.15, 0.2) is 0 Å². The van der Waals surface area contributed by atoms with Crippen molar-refractivity contribution in [2.24, 2.45) is 5.73 Å². The fourth-order valence-electron chi connectivity index (χ4n) is 2.86. The van der Waals surface area contributed by atoms with E-state index in [0.29, 0.717) is 22.7 Å². The quantitative estimate of drug-likeness (QED) is 0.423. The molecule has 2 aromatic carbocycles. The van der Waals surface area contributed by atoms with Crippen LogP contribution in [0.3, 0.4) is 0 Å². The van der Waals surface area contributed by atoms with E-state index in [0.717, 1.165) is 12.1 Å². The predicted molar refractivity (Wildman–Crippen MR) is 118 cm³/mol. The van der Waals surface area contributed by atoms with E-state index in [1.54, 1.807) is 31.3 Å². The van der Waals surface area contributed by atoms with Crippen LogP contribution in [0.5, 0.6) is 11.5 Å².